The minimum absolute atomic E-state index is 0.0776. The van der Waals surface area contributed by atoms with Gasteiger partial charge in [-0.25, -0.2) is 8.78 Å². The van der Waals surface area contributed by atoms with Crippen LogP contribution >= 0.6 is 0 Å². The van der Waals surface area contributed by atoms with Crippen molar-refractivity contribution in [2.75, 3.05) is 13.2 Å². The monoisotopic (exact) mass is 199 g/mol. The molecule has 1 atom stereocenters. The van der Waals surface area contributed by atoms with E-state index in [-0.39, 0.29) is 5.92 Å². The minimum Gasteiger partial charge on any atom is -0.493 e. The highest BCUT2D eigenvalue weighted by molar-refractivity contribution is 5.39. The van der Waals surface area contributed by atoms with E-state index in [2.05, 4.69) is 0 Å². The van der Waals surface area contributed by atoms with Gasteiger partial charge in [-0.2, -0.15) is 0 Å². The largest absolute Gasteiger partial charge is 0.493 e. The second kappa shape index (κ2) is 3.53. The number of hydrogen-bond donors (Lipinski definition) is 1. The standard InChI is InChI=1S/C10H11F2NO/c11-8-3-7-6(5-13)1-2-14-10(7)4-9(8)12/h3-4,6H,1-2,5,13H2. The fourth-order valence-electron chi connectivity index (χ4n) is 1.70. The number of nitrogens with two attached hydrogens (primary N) is 1. The lowest BCUT2D eigenvalue weighted by Crippen LogP contribution is -2.21. The predicted molar refractivity (Wildman–Crippen MR) is 48.3 cm³/mol. The van der Waals surface area contributed by atoms with Crippen molar-refractivity contribution in [1.82, 2.24) is 0 Å². The molecule has 0 fully saturated rings. The molecule has 0 aliphatic carbocycles. The highest BCUT2D eigenvalue weighted by Gasteiger charge is 2.22. The molecule has 1 aromatic rings. The molecule has 1 unspecified atom stereocenters. The summed E-state index contributed by atoms with van der Waals surface area (Å²) in [6.07, 6.45) is 0.759. The zero-order valence-electron chi connectivity index (χ0n) is 7.59. The Hall–Kier alpha value is -1.16. The van der Waals surface area contributed by atoms with Crippen molar-refractivity contribution in [2.45, 2.75) is 12.3 Å². The summed E-state index contributed by atoms with van der Waals surface area (Å²) in [6.45, 7) is 0.946. The summed E-state index contributed by atoms with van der Waals surface area (Å²) in [5.74, 6) is -1.21. The predicted octanol–water partition coefficient (Wildman–Crippen LogP) is 1.79. The van der Waals surface area contributed by atoms with E-state index in [9.17, 15) is 8.78 Å². The average molecular weight is 199 g/mol. The summed E-state index contributed by atoms with van der Waals surface area (Å²) in [5, 5.41) is 0. The molecule has 0 saturated heterocycles. The van der Waals surface area contributed by atoms with E-state index >= 15 is 0 Å². The fourth-order valence-corrected chi connectivity index (χ4v) is 1.70. The molecular weight excluding hydrogens is 188 g/mol. The van der Waals surface area contributed by atoms with Gasteiger partial charge in [-0.1, -0.05) is 0 Å². The molecule has 1 aromatic carbocycles. The number of rotatable bonds is 1. The minimum atomic E-state index is -0.874. The molecule has 2 N–H and O–H groups in total. The molecule has 1 aliphatic heterocycles. The summed E-state index contributed by atoms with van der Waals surface area (Å²) >= 11 is 0. The molecule has 1 aliphatic rings. The van der Waals surface area contributed by atoms with Crippen molar-refractivity contribution < 1.29 is 13.5 Å². The van der Waals surface area contributed by atoms with Crippen LogP contribution < -0.4 is 10.5 Å². The first-order valence-corrected chi connectivity index (χ1v) is 4.54. The lowest BCUT2D eigenvalue weighted by Gasteiger charge is -2.24. The second-order valence-electron chi connectivity index (χ2n) is 3.37. The maximum atomic E-state index is 12.9. The molecule has 4 heteroatoms. The average Bonchev–Trinajstić information content (AvgIpc) is 2.19. The topological polar surface area (TPSA) is 35.2 Å². The van der Waals surface area contributed by atoms with Gasteiger partial charge in [0, 0.05) is 17.5 Å². The third kappa shape index (κ3) is 1.46. The van der Waals surface area contributed by atoms with Gasteiger partial charge in [0.2, 0.25) is 0 Å². The Morgan fingerprint density at radius 1 is 1.36 bits per heavy atom. The van der Waals surface area contributed by atoms with Gasteiger partial charge in [-0.15, -0.1) is 0 Å². The third-order valence-corrected chi connectivity index (χ3v) is 2.50. The van der Waals surface area contributed by atoms with Crippen molar-refractivity contribution in [2.24, 2.45) is 5.73 Å². The van der Waals surface area contributed by atoms with Crippen molar-refractivity contribution in [3.8, 4) is 5.75 Å². The van der Waals surface area contributed by atoms with Crippen LogP contribution in [0.1, 0.15) is 17.9 Å². The van der Waals surface area contributed by atoms with Gasteiger partial charge in [0.1, 0.15) is 5.75 Å². The van der Waals surface area contributed by atoms with Crippen LogP contribution in [0, 0.1) is 11.6 Å². The van der Waals surface area contributed by atoms with Crippen LogP contribution in [-0.4, -0.2) is 13.2 Å². The van der Waals surface area contributed by atoms with E-state index < -0.39 is 11.6 Å². The summed E-state index contributed by atoms with van der Waals surface area (Å²) < 4.78 is 31.0. The van der Waals surface area contributed by atoms with Crippen LogP contribution in [0.5, 0.6) is 5.75 Å². The maximum absolute atomic E-state index is 12.9. The Bertz CT molecular complexity index is 354. The van der Waals surface area contributed by atoms with Crippen LogP contribution in [0.15, 0.2) is 12.1 Å². The van der Waals surface area contributed by atoms with E-state index in [0.29, 0.717) is 24.5 Å². The number of benzene rings is 1. The lowest BCUT2D eigenvalue weighted by atomic mass is 9.93. The van der Waals surface area contributed by atoms with Crippen LogP contribution in [-0.2, 0) is 0 Å². The van der Waals surface area contributed by atoms with Crippen LogP contribution in [0.2, 0.25) is 0 Å². The molecule has 0 bridgehead atoms. The fraction of sp³-hybridized carbons (Fsp3) is 0.400. The number of ether oxygens (including phenoxy) is 1. The van der Waals surface area contributed by atoms with E-state index in [1.54, 1.807) is 0 Å². The molecule has 0 spiro atoms. The Labute approximate surface area is 80.7 Å². The quantitative estimate of drug-likeness (QED) is 0.748. The van der Waals surface area contributed by atoms with Crippen LogP contribution in [0.3, 0.4) is 0 Å². The molecule has 2 nitrogen and oxygen atoms in total. The first-order valence-electron chi connectivity index (χ1n) is 4.54. The Morgan fingerprint density at radius 2 is 2.07 bits per heavy atom. The summed E-state index contributed by atoms with van der Waals surface area (Å²) in [5.41, 5.74) is 6.21. The molecular formula is C10H11F2NO. The summed E-state index contributed by atoms with van der Waals surface area (Å²) in [6, 6.07) is 2.27. The van der Waals surface area contributed by atoms with Gasteiger partial charge in [0.05, 0.1) is 6.61 Å². The first kappa shape index (κ1) is 9.40. The summed E-state index contributed by atoms with van der Waals surface area (Å²) in [7, 11) is 0. The van der Waals surface area contributed by atoms with Gasteiger partial charge < -0.3 is 10.5 Å². The van der Waals surface area contributed by atoms with Gasteiger partial charge in [0.15, 0.2) is 11.6 Å². The molecule has 0 aromatic heterocycles. The molecule has 0 saturated carbocycles. The Kier molecular flexibility index (Phi) is 2.37. The maximum Gasteiger partial charge on any atom is 0.162 e. The number of halogens is 2. The van der Waals surface area contributed by atoms with E-state index in [4.69, 9.17) is 10.5 Å². The highest BCUT2D eigenvalue weighted by atomic mass is 19.2. The Balaban J connectivity index is 2.47. The van der Waals surface area contributed by atoms with Gasteiger partial charge >= 0.3 is 0 Å². The SMILES string of the molecule is NCC1CCOc2cc(F)c(F)cc21. The van der Waals surface area contributed by atoms with Crippen molar-refractivity contribution in [1.29, 1.82) is 0 Å². The molecule has 2 rings (SSSR count). The summed E-state index contributed by atoms with van der Waals surface area (Å²) in [4.78, 5) is 0. The molecule has 1 heterocycles. The van der Waals surface area contributed by atoms with Crippen molar-refractivity contribution in [3.63, 3.8) is 0 Å². The Morgan fingerprint density at radius 3 is 2.79 bits per heavy atom. The van der Waals surface area contributed by atoms with Gasteiger partial charge in [0.25, 0.3) is 0 Å². The van der Waals surface area contributed by atoms with Crippen LogP contribution in [0.25, 0.3) is 0 Å². The molecule has 0 amide bonds. The van der Waals surface area contributed by atoms with Crippen molar-refractivity contribution in [3.05, 3.63) is 29.3 Å². The third-order valence-electron chi connectivity index (χ3n) is 2.50. The smallest absolute Gasteiger partial charge is 0.162 e. The van der Waals surface area contributed by atoms with Crippen molar-refractivity contribution >= 4 is 0 Å². The molecule has 14 heavy (non-hydrogen) atoms. The van der Waals surface area contributed by atoms with E-state index in [1.807, 2.05) is 0 Å². The number of hydrogen-bond acceptors (Lipinski definition) is 2. The second-order valence-corrected chi connectivity index (χ2v) is 3.37. The first-order chi connectivity index (χ1) is 6.72. The van der Waals surface area contributed by atoms with Gasteiger partial charge in [-0.3, -0.25) is 0 Å². The molecule has 0 radical (unpaired) electrons. The molecule has 76 valence electrons. The highest BCUT2D eigenvalue weighted by Crippen LogP contribution is 2.34. The zero-order chi connectivity index (χ0) is 10.1. The zero-order valence-corrected chi connectivity index (χ0v) is 7.59. The van der Waals surface area contributed by atoms with Crippen LogP contribution in [0.4, 0.5) is 8.78 Å². The normalized spacial score (nSPS) is 20.1. The van der Waals surface area contributed by atoms with E-state index in [1.165, 1.54) is 6.07 Å². The number of fused-ring (bicyclic) bond motifs is 1. The lowest BCUT2D eigenvalue weighted by molar-refractivity contribution is 0.265. The van der Waals surface area contributed by atoms with E-state index in [0.717, 1.165) is 12.5 Å². The van der Waals surface area contributed by atoms with Gasteiger partial charge in [-0.05, 0) is 19.0 Å².